The monoisotopic (exact) mass is 354 g/mol. The summed E-state index contributed by atoms with van der Waals surface area (Å²) in [4.78, 5) is 11.8. The minimum atomic E-state index is -0.220. The molecule has 0 unspecified atom stereocenters. The van der Waals surface area contributed by atoms with Crippen molar-refractivity contribution in [2.75, 3.05) is 6.61 Å². The quantitative estimate of drug-likeness (QED) is 0.352. The van der Waals surface area contributed by atoms with Crippen LogP contribution < -0.4 is 0 Å². The van der Waals surface area contributed by atoms with E-state index < -0.39 is 0 Å². The zero-order valence-corrected chi connectivity index (χ0v) is 14.7. The van der Waals surface area contributed by atoms with E-state index in [0.717, 1.165) is 17.3 Å². The van der Waals surface area contributed by atoms with Gasteiger partial charge in [0.15, 0.2) is 0 Å². The van der Waals surface area contributed by atoms with Gasteiger partial charge in [-0.3, -0.25) is 0 Å². The number of halogens is 1. The van der Waals surface area contributed by atoms with E-state index in [1.54, 1.807) is 12.1 Å². The molecule has 1 aromatic rings. The van der Waals surface area contributed by atoms with Gasteiger partial charge in [-0.25, -0.2) is 4.79 Å². The predicted octanol–water partition coefficient (Wildman–Crippen LogP) is 6.14. The van der Waals surface area contributed by atoms with Crippen LogP contribution in [0.25, 0.3) is 0 Å². The molecular formula is C18H27BrO2. The molecule has 21 heavy (non-hydrogen) atoms. The van der Waals surface area contributed by atoms with Crippen molar-refractivity contribution in [3.05, 3.63) is 34.3 Å². The molecule has 0 N–H and O–H groups in total. The number of unbranched alkanes of at least 4 members (excludes halogenated alkanes) is 8. The van der Waals surface area contributed by atoms with E-state index in [2.05, 4.69) is 22.9 Å². The third kappa shape index (κ3) is 8.92. The van der Waals surface area contributed by atoms with Crippen molar-refractivity contribution >= 4 is 21.9 Å². The van der Waals surface area contributed by atoms with Crippen LogP contribution in [0, 0.1) is 0 Å². The normalized spacial score (nSPS) is 10.6. The molecule has 0 saturated heterocycles. The molecule has 118 valence electrons. The molecule has 0 aliphatic heterocycles. The Morgan fingerprint density at radius 3 is 2.00 bits per heavy atom. The number of hydrogen-bond acceptors (Lipinski definition) is 2. The fourth-order valence-electron chi connectivity index (χ4n) is 2.25. The van der Waals surface area contributed by atoms with E-state index in [4.69, 9.17) is 4.74 Å². The third-order valence-corrected chi connectivity index (χ3v) is 4.09. The van der Waals surface area contributed by atoms with Gasteiger partial charge in [-0.2, -0.15) is 0 Å². The SMILES string of the molecule is CCCCCCCCCCCOC(=O)c1ccc(Br)cc1. The fourth-order valence-corrected chi connectivity index (χ4v) is 2.51. The van der Waals surface area contributed by atoms with Crippen LogP contribution in [0.4, 0.5) is 0 Å². The summed E-state index contributed by atoms with van der Waals surface area (Å²) in [5.74, 6) is -0.220. The van der Waals surface area contributed by atoms with Crippen molar-refractivity contribution in [1.29, 1.82) is 0 Å². The van der Waals surface area contributed by atoms with Crippen LogP contribution in [0.1, 0.15) is 75.1 Å². The lowest BCUT2D eigenvalue weighted by Gasteiger charge is -2.05. The van der Waals surface area contributed by atoms with Crippen LogP contribution in [-0.4, -0.2) is 12.6 Å². The zero-order chi connectivity index (χ0) is 15.3. The fraction of sp³-hybridized carbons (Fsp3) is 0.611. The summed E-state index contributed by atoms with van der Waals surface area (Å²) in [5.41, 5.74) is 0.620. The van der Waals surface area contributed by atoms with Crippen molar-refractivity contribution in [3.63, 3.8) is 0 Å². The highest BCUT2D eigenvalue weighted by Gasteiger charge is 2.05. The average molecular weight is 355 g/mol. The Labute approximate surface area is 137 Å². The maximum Gasteiger partial charge on any atom is 0.338 e. The molecule has 0 aliphatic carbocycles. The second-order valence-electron chi connectivity index (χ2n) is 5.47. The summed E-state index contributed by atoms with van der Waals surface area (Å²) in [5, 5.41) is 0. The van der Waals surface area contributed by atoms with Gasteiger partial charge in [0.25, 0.3) is 0 Å². The Morgan fingerprint density at radius 1 is 0.905 bits per heavy atom. The van der Waals surface area contributed by atoms with Crippen molar-refractivity contribution in [2.45, 2.75) is 64.7 Å². The molecule has 0 fully saturated rings. The summed E-state index contributed by atoms with van der Waals surface area (Å²) in [6, 6.07) is 7.27. The standard InChI is InChI=1S/C18H27BrO2/c1-2-3-4-5-6-7-8-9-10-15-21-18(20)16-11-13-17(19)14-12-16/h11-14H,2-10,15H2,1H3. The molecule has 0 aliphatic rings. The molecule has 1 aromatic carbocycles. The summed E-state index contributed by atoms with van der Waals surface area (Å²) in [6.07, 6.45) is 11.5. The number of ether oxygens (including phenoxy) is 1. The van der Waals surface area contributed by atoms with Crippen LogP contribution in [0.2, 0.25) is 0 Å². The molecule has 0 aromatic heterocycles. The summed E-state index contributed by atoms with van der Waals surface area (Å²) < 4.78 is 6.24. The number of carbonyl (C=O) groups is 1. The van der Waals surface area contributed by atoms with E-state index in [-0.39, 0.29) is 5.97 Å². The zero-order valence-electron chi connectivity index (χ0n) is 13.1. The highest BCUT2D eigenvalue weighted by Crippen LogP contribution is 2.12. The second kappa shape index (κ2) is 11.8. The topological polar surface area (TPSA) is 26.3 Å². The molecule has 0 saturated carbocycles. The van der Waals surface area contributed by atoms with Gasteiger partial charge in [0.2, 0.25) is 0 Å². The van der Waals surface area contributed by atoms with E-state index in [9.17, 15) is 4.79 Å². The smallest absolute Gasteiger partial charge is 0.338 e. The second-order valence-corrected chi connectivity index (χ2v) is 6.39. The van der Waals surface area contributed by atoms with Gasteiger partial charge < -0.3 is 4.74 Å². The largest absolute Gasteiger partial charge is 0.462 e. The van der Waals surface area contributed by atoms with Crippen LogP contribution in [0.5, 0.6) is 0 Å². The maximum absolute atomic E-state index is 11.8. The van der Waals surface area contributed by atoms with E-state index >= 15 is 0 Å². The van der Waals surface area contributed by atoms with Gasteiger partial charge >= 0.3 is 5.97 Å². The van der Waals surface area contributed by atoms with Crippen molar-refractivity contribution in [3.8, 4) is 0 Å². The van der Waals surface area contributed by atoms with Crippen LogP contribution in [0.15, 0.2) is 28.7 Å². The van der Waals surface area contributed by atoms with Gasteiger partial charge in [0.05, 0.1) is 12.2 Å². The number of rotatable bonds is 11. The van der Waals surface area contributed by atoms with Crippen molar-refractivity contribution in [1.82, 2.24) is 0 Å². The first-order chi connectivity index (χ1) is 10.2. The first-order valence-electron chi connectivity index (χ1n) is 8.16. The summed E-state index contributed by atoms with van der Waals surface area (Å²) in [6.45, 7) is 2.78. The molecule has 0 radical (unpaired) electrons. The Morgan fingerprint density at radius 2 is 1.43 bits per heavy atom. The summed E-state index contributed by atoms with van der Waals surface area (Å²) in [7, 11) is 0. The van der Waals surface area contributed by atoms with Crippen molar-refractivity contribution < 1.29 is 9.53 Å². The van der Waals surface area contributed by atoms with Gasteiger partial charge in [-0.15, -0.1) is 0 Å². The Bertz CT molecular complexity index is 387. The highest BCUT2D eigenvalue weighted by atomic mass is 79.9. The maximum atomic E-state index is 11.8. The van der Waals surface area contributed by atoms with Gasteiger partial charge in [0, 0.05) is 4.47 Å². The molecule has 0 atom stereocenters. The van der Waals surface area contributed by atoms with E-state index in [1.165, 1.54) is 44.9 Å². The predicted molar refractivity (Wildman–Crippen MR) is 91.7 cm³/mol. The summed E-state index contributed by atoms with van der Waals surface area (Å²) >= 11 is 3.35. The minimum absolute atomic E-state index is 0.220. The van der Waals surface area contributed by atoms with Gasteiger partial charge in [-0.05, 0) is 30.7 Å². The van der Waals surface area contributed by atoms with Crippen LogP contribution in [0.3, 0.4) is 0 Å². The average Bonchev–Trinajstić information content (AvgIpc) is 2.49. The van der Waals surface area contributed by atoms with E-state index in [1.807, 2.05) is 12.1 Å². The molecule has 0 spiro atoms. The van der Waals surface area contributed by atoms with Crippen LogP contribution >= 0.6 is 15.9 Å². The molecule has 2 nitrogen and oxygen atoms in total. The number of hydrogen-bond donors (Lipinski definition) is 0. The molecule has 0 amide bonds. The molecule has 0 bridgehead atoms. The Hall–Kier alpha value is -0.830. The number of carbonyl (C=O) groups excluding carboxylic acids is 1. The lowest BCUT2D eigenvalue weighted by atomic mass is 10.1. The lowest BCUT2D eigenvalue weighted by molar-refractivity contribution is 0.0497. The Kier molecular flexibility index (Phi) is 10.2. The van der Waals surface area contributed by atoms with Crippen molar-refractivity contribution in [2.24, 2.45) is 0 Å². The van der Waals surface area contributed by atoms with Crippen LogP contribution in [-0.2, 0) is 4.74 Å². The van der Waals surface area contributed by atoms with E-state index in [0.29, 0.717) is 12.2 Å². The molecule has 3 heteroatoms. The van der Waals surface area contributed by atoms with Gasteiger partial charge in [0.1, 0.15) is 0 Å². The number of benzene rings is 1. The first kappa shape index (κ1) is 18.2. The molecule has 0 heterocycles. The lowest BCUT2D eigenvalue weighted by Crippen LogP contribution is -2.06. The number of esters is 1. The highest BCUT2D eigenvalue weighted by molar-refractivity contribution is 9.10. The third-order valence-electron chi connectivity index (χ3n) is 3.56. The molecule has 1 rings (SSSR count). The molecular weight excluding hydrogens is 328 g/mol. The minimum Gasteiger partial charge on any atom is -0.462 e. The van der Waals surface area contributed by atoms with Gasteiger partial charge in [-0.1, -0.05) is 74.2 Å². The first-order valence-corrected chi connectivity index (χ1v) is 8.96. The Balaban J connectivity index is 1.96.